The summed E-state index contributed by atoms with van der Waals surface area (Å²) in [6.45, 7) is 4.91. The van der Waals surface area contributed by atoms with E-state index in [0.717, 1.165) is 38.5 Å². The van der Waals surface area contributed by atoms with Crippen molar-refractivity contribution in [2.75, 3.05) is 40.9 Å². The van der Waals surface area contributed by atoms with Crippen LogP contribution in [0.3, 0.4) is 0 Å². The van der Waals surface area contributed by atoms with Gasteiger partial charge in [-0.15, -0.1) is 0 Å². The van der Waals surface area contributed by atoms with Gasteiger partial charge in [0.25, 0.3) is 0 Å². The van der Waals surface area contributed by atoms with Crippen LogP contribution in [-0.2, 0) is 18.4 Å². The number of aliphatic hydroxyl groups is 1. The summed E-state index contributed by atoms with van der Waals surface area (Å²) in [6, 6.07) is -0.753. The van der Waals surface area contributed by atoms with Crippen molar-refractivity contribution < 1.29 is 32.9 Å². The number of hydrogen-bond donors (Lipinski definition) is 3. The second kappa shape index (κ2) is 42.8. The number of carbonyl (C=O) groups is 1. The Balaban J connectivity index is 4.08. The van der Waals surface area contributed by atoms with Crippen LogP contribution in [0, 0.1) is 0 Å². The molecule has 354 valence electrons. The van der Waals surface area contributed by atoms with E-state index in [0.29, 0.717) is 23.9 Å². The summed E-state index contributed by atoms with van der Waals surface area (Å²) in [4.78, 5) is 23.2. The Morgan fingerprint density at radius 1 is 0.508 bits per heavy atom. The largest absolute Gasteiger partial charge is 0.472 e. The molecule has 0 spiro atoms. The average molecular weight is 860 g/mol. The molecule has 0 saturated carbocycles. The number of phosphoric acid groups is 1. The second-order valence-corrected chi connectivity index (χ2v) is 20.7. The number of nitrogens with one attached hydrogen (secondary N) is 1. The summed E-state index contributed by atoms with van der Waals surface area (Å²) in [7, 11) is 1.63. The van der Waals surface area contributed by atoms with Crippen molar-refractivity contribution in [3.8, 4) is 0 Å². The van der Waals surface area contributed by atoms with E-state index in [1.807, 2.05) is 21.1 Å². The molecule has 0 aromatic heterocycles. The highest BCUT2D eigenvalue weighted by molar-refractivity contribution is 7.47. The van der Waals surface area contributed by atoms with Gasteiger partial charge >= 0.3 is 7.82 Å². The van der Waals surface area contributed by atoms with Crippen LogP contribution in [-0.4, -0.2) is 73.4 Å². The van der Waals surface area contributed by atoms with Gasteiger partial charge in [-0.25, -0.2) is 4.57 Å². The average Bonchev–Trinajstić information content (AvgIpc) is 3.19. The highest BCUT2D eigenvalue weighted by Gasteiger charge is 2.28. The molecule has 1 amide bonds. The molecule has 0 aliphatic rings. The van der Waals surface area contributed by atoms with Crippen LogP contribution in [0.2, 0.25) is 0 Å². The van der Waals surface area contributed by atoms with Crippen molar-refractivity contribution in [1.29, 1.82) is 0 Å². The van der Waals surface area contributed by atoms with E-state index in [1.54, 1.807) is 0 Å². The minimum atomic E-state index is -4.31. The van der Waals surface area contributed by atoms with Crippen molar-refractivity contribution in [2.24, 2.45) is 0 Å². The van der Waals surface area contributed by atoms with E-state index in [-0.39, 0.29) is 19.1 Å². The minimum absolute atomic E-state index is 0.0787. The zero-order valence-electron chi connectivity index (χ0n) is 40.3. The molecule has 0 aromatic rings. The normalized spacial score (nSPS) is 14.1. The van der Waals surface area contributed by atoms with E-state index >= 15 is 0 Å². The number of quaternary nitrogens is 1. The van der Waals surface area contributed by atoms with Crippen molar-refractivity contribution in [3.63, 3.8) is 0 Å². The molecule has 9 heteroatoms. The first-order valence-corrected chi connectivity index (χ1v) is 27.4. The van der Waals surface area contributed by atoms with Crippen LogP contribution in [0.4, 0.5) is 0 Å². The maximum atomic E-state index is 12.9. The molecule has 3 unspecified atom stereocenters. The number of aliphatic hydroxyl groups excluding tert-OH is 1. The summed E-state index contributed by atoms with van der Waals surface area (Å²) in [5.41, 5.74) is 0. The maximum absolute atomic E-state index is 12.9. The van der Waals surface area contributed by atoms with Gasteiger partial charge in [0.2, 0.25) is 5.91 Å². The Morgan fingerprint density at radius 2 is 0.814 bits per heavy atom. The van der Waals surface area contributed by atoms with Crippen LogP contribution in [0.25, 0.3) is 0 Å². The summed E-state index contributed by atoms with van der Waals surface area (Å²) in [6.07, 6.45) is 48.7. The summed E-state index contributed by atoms with van der Waals surface area (Å²) in [5, 5.41) is 14.0. The number of amides is 1. The van der Waals surface area contributed by atoms with E-state index in [1.165, 1.54) is 199 Å². The first kappa shape index (κ1) is 58.5. The van der Waals surface area contributed by atoms with Gasteiger partial charge in [0, 0.05) is 6.42 Å². The lowest BCUT2D eigenvalue weighted by atomic mass is 10.0. The molecule has 0 aliphatic carbocycles. The SMILES string of the molecule is CCCCCCCCCCCCCCCCCCCCCCCCCCCCC(O)C(COP(=O)(O)OCC[N+](C)(C)C)NC(=O)CCCCCCCCCCCCC. The lowest BCUT2D eigenvalue weighted by Crippen LogP contribution is -2.46. The van der Waals surface area contributed by atoms with Crippen molar-refractivity contribution >= 4 is 13.7 Å². The summed E-state index contributed by atoms with van der Waals surface area (Å²) in [5.74, 6) is -0.141. The fraction of sp³-hybridized carbons (Fsp3) is 0.980. The molecule has 3 N–H and O–H groups in total. The number of phosphoric ester groups is 1. The monoisotopic (exact) mass is 860 g/mol. The fourth-order valence-electron chi connectivity index (χ4n) is 7.99. The molecule has 0 aromatic carbocycles. The Kier molecular flexibility index (Phi) is 42.4. The highest BCUT2D eigenvalue weighted by Crippen LogP contribution is 2.43. The number of nitrogens with zero attached hydrogens (tertiary/aromatic N) is 1. The zero-order valence-corrected chi connectivity index (χ0v) is 41.2. The maximum Gasteiger partial charge on any atom is 0.472 e. The van der Waals surface area contributed by atoms with Gasteiger partial charge in [0.05, 0.1) is 39.9 Å². The van der Waals surface area contributed by atoms with E-state index < -0.39 is 20.0 Å². The molecule has 8 nitrogen and oxygen atoms in total. The topological polar surface area (TPSA) is 105 Å². The lowest BCUT2D eigenvalue weighted by molar-refractivity contribution is -0.870. The van der Waals surface area contributed by atoms with Crippen LogP contribution < -0.4 is 5.32 Å². The molecule has 0 aliphatic heterocycles. The number of unbranched alkanes of at least 4 members (excludes halogenated alkanes) is 35. The van der Waals surface area contributed by atoms with Gasteiger partial charge in [-0.3, -0.25) is 13.8 Å². The fourth-order valence-corrected chi connectivity index (χ4v) is 8.73. The molecule has 0 radical (unpaired) electrons. The molecule has 3 atom stereocenters. The van der Waals surface area contributed by atoms with Crippen LogP contribution in [0.15, 0.2) is 0 Å². The number of hydrogen-bond acceptors (Lipinski definition) is 5. The first-order valence-electron chi connectivity index (χ1n) is 25.9. The third-order valence-electron chi connectivity index (χ3n) is 12.1. The first-order chi connectivity index (χ1) is 28.5. The van der Waals surface area contributed by atoms with Crippen LogP contribution in [0.5, 0.6) is 0 Å². The Morgan fingerprint density at radius 3 is 1.14 bits per heavy atom. The molecule has 0 heterocycles. The van der Waals surface area contributed by atoms with Gasteiger partial charge in [0.15, 0.2) is 0 Å². The van der Waals surface area contributed by atoms with Gasteiger partial charge < -0.3 is 19.8 Å². The molecular formula is C50H104N2O6P+. The van der Waals surface area contributed by atoms with Gasteiger partial charge in [-0.1, -0.05) is 245 Å². The number of likely N-dealkylation sites (N-methyl/N-ethyl adjacent to an activating group) is 1. The van der Waals surface area contributed by atoms with Crippen molar-refractivity contribution in [3.05, 3.63) is 0 Å². The Hall–Kier alpha value is -0.500. The Bertz CT molecular complexity index is 932. The predicted octanol–water partition coefficient (Wildman–Crippen LogP) is 14.9. The second-order valence-electron chi connectivity index (χ2n) is 19.3. The number of carbonyl (C=O) groups excluding carboxylic acids is 1. The summed E-state index contributed by atoms with van der Waals surface area (Å²) < 4.78 is 23.7. The molecular weight excluding hydrogens is 756 g/mol. The molecule has 0 bridgehead atoms. The summed E-state index contributed by atoms with van der Waals surface area (Å²) >= 11 is 0. The van der Waals surface area contributed by atoms with Crippen LogP contribution in [0.1, 0.15) is 264 Å². The zero-order chi connectivity index (χ0) is 43.6. The van der Waals surface area contributed by atoms with Gasteiger partial charge in [-0.05, 0) is 12.8 Å². The smallest absolute Gasteiger partial charge is 0.391 e. The third kappa shape index (κ3) is 45.3. The highest BCUT2D eigenvalue weighted by atomic mass is 31.2. The van der Waals surface area contributed by atoms with Crippen molar-refractivity contribution in [2.45, 2.75) is 276 Å². The third-order valence-corrected chi connectivity index (χ3v) is 13.1. The molecule has 59 heavy (non-hydrogen) atoms. The standard InChI is InChI=1S/C50H103N2O6P/c1-6-8-10-12-14-16-18-19-20-21-22-23-24-25-26-27-28-29-30-31-32-34-35-37-39-41-43-49(53)48(47-58-59(55,56)57-46-45-52(3,4)5)51-50(54)44-42-40-38-36-33-17-15-13-11-9-7-2/h48-49,53H,6-47H2,1-5H3,(H-,51,54,55,56)/p+1. The van der Waals surface area contributed by atoms with E-state index in [4.69, 9.17) is 9.05 Å². The van der Waals surface area contributed by atoms with Crippen molar-refractivity contribution in [1.82, 2.24) is 5.32 Å². The molecule has 0 fully saturated rings. The van der Waals surface area contributed by atoms with E-state index in [2.05, 4.69) is 19.2 Å². The van der Waals surface area contributed by atoms with Gasteiger partial charge in [-0.2, -0.15) is 0 Å². The number of rotatable bonds is 48. The van der Waals surface area contributed by atoms with Crippen LogP contribution >= 0.6 is 7.82 Å². The quantitative estimate of drug-likeness (QED) is 0.0320. The lowest BCUT2D eigenvalue weighted by Gasteiger charge is -2.26. The minimum Gasteiger partial charge on any atom is -0.391 e. The molecule has 0 saturated heterocycles. The van der Waals surface area contributed by atoms with Gasteiger partial charge in [0.1, 0.15) is 13.2 Å². The predicted molar refractivity (Wildman–Crippen MR) is 254 cm³/mol. The van der Waals surface area contributed by atoms with E-state index in [9.17, 15) is 19.4 Å². The Labute approximate surface area is 368 Å². The molecule has 0 rings (SSSR count).